The van der Waals surface area contributed by atoms with Gasteiger partial charge in [-0.25, -0.2) is 0 Å². The molecule has 1 aromatic rings. The third-order valence-corrected chi connectivity index (χ3v) is 2.58. The van der Waals surface area contributed by atoms with Gasteiger partial charge in [0.25, 0.3) is 5.91 Å². The van der Waals surface area contributed by atoms with Crippen LogP contribution >= 0.6 is 0 Å². The van der Waals surface area contributed by atoms with Gasteiger partial charge < -0.3 is 15.4 Å². The summed E-state index contributed by atoms with van der Waals surface area (Å²) in [6, 6.07) is 0.742. The number of nitrogens with one attached hydrogen (secondary N) is 2. The molecule has 6 nitrogen and oxygen atoms in total. The minimum absolute atomic E-state index is 0.0199. The van der Waals surface area contributed by atoms with E-state index < -0.39 is 23.3 Å². The van der Waals surface area contributed by atoms with E-state index in [2.05, 4.69) is 10.3 Å². The van der Waals surface area contributed by atoms with Crippen LogP contribution in [0.5, 0.6) is 0 Å². The van der Waals surface area contributed by atoms with E-state index in [1.54, 1.807) is 0 Å². The van der Waals surface area contributed by atoms with Crippen LogP contribution in [0, 0.1) is 5.92 Å². The number of carboxylic acids is 1. The lowest BCUT2D eigenvalue weighted by Crippen LogP contribution is -2.41. The van der Waals surface area contributed by atoms with Crippen molar-refractivity contribution in [1.82, 2.24) is 10.3 Å². The van der Waals surface area contributed by atoms with Crippen molar-refractivity contribution in [2.24, 2.45) is 5.92 Å². The van der Waals surface area contributed by atoms with Gasteiger partial charge in [0.1, 0.15) is 5.56 Å². The van der Waals surface area contributed by atoms with Gasteiger partial charge in [0.2, 0.25) is 0 Å². The van der Waals surface area contributed by atoms with Gasteiger partial charge in [-0.1, -0.05) is 13.8 Å². The molecule has 1 amide bonds. The third kappa shape index (κ3) is 3.73. The number of aliphatic carboxylic acids is 1. The second-order valence-electron chi connectivity index (χ2n) is 4.34. The Kier molecular flexibility index (Phi) is 4.65. The number of aromatic nitrogens is 1. The molecule has 0 fully saturated rings. The van der Waals surface area contributed by atoms with Crippen molar-refractivity contribution in [1.29, 1.82) is 0 Å². The Balaban J connectivity index is 2.82. The van der Waals surface area contributed by atoms with E-state index >= 15 is 0 Å². The number of pyridine rings is 1. The van der Waals surface area contributed by atoms with Crippen molar-refractivity contribution >= 4 is 11.9 Å². The number of rotatable bonds is 5. The first-order valence-electron chi connectivity index (χ1n) is 5.61. The number of H-pyrrole nitrogens is 1. The molecule has 1 aromatic heterocycles. The Labute approximate surface area is 104 Å². The molecule has 0 saturated carbocycles. The lowest BCUT2D eigenvalue weighted by atomic mass is 10.0. The summed E-state index contributed by atoms with van der Waals surface area (Å²) in [4.78, 5) is 36.6. The van der Waals surface area contributed by atoms with E-state index in [0.717, 1.165) is 0 Å². The third-order valence-electron chi connectivity index (χ3n) is 2.58. The molecule has 6 heteroatoms. The average Bonchev–Trinajstić information content (AvgIpc) is 2.27. The molecule has 98 valence electrons. The first-order valence-corrected chi connectivity index (χ1v) is 5.61. The second-order valence-corrected chi connectivity index (χ2v) is 4.34. The standard InChI is InChI=1S/C12H16N2O4/c1-7(2)9(5-11(16)17)14-12(18)8-6-13-4-3-10(8)15/h3-4,6-7,9H,5H2,1-2H3,(H,13,15)(H,14,18)(H,16,17). The van der Waals surface area contributed by atoms with Crippen LogP contribution < -0.4 is 10.7 Å². The fraction of sp³-hybridized carbons (Fsp3) is 0.417. The summed E-state index contributed by atoms with van der Waals surface area (Å²) < 4.78 is 0. The topological polar surface area (TPSA) is 99.3 Å². The predicted octanol–water partition coefficient (Wildman–Crippen LogP) is 0.604. The largest absolute Gasteiger partial charge is 0.481 e. The van der Waals surface area contributed by atoms with E-state index in [4.69, 9.17) is 5.11 Å². The first kappa shape index (κ1) is 14.0. The second kappa shape index (κ2) is 6.00. The number of amides is 1. The van der Waals surface area contributed by atoms with Gasteiger partial charge in [0.05, 0.1) is 6.42 Å². The molecule has 1 rings (SSSR count). The summed E-state index contributed by atoms with van der Waals surface area (Å²) in [5, 5.41) is 11.3. The van der Waals surface area contributed by atoms with Crippen LogP contribution in [-0.2, 0) is 4.79 Å². The zero-order valence-corrected chi connectivity index (χ0v) is 10.3. The molecule has 0 radical (unpaired) electrons. The fourth-order valence-electron chi connectivity index (χ4n) is 1.48. The number of carbonyl (C=O) groups excluding carboxylic acids is 1. The van der Waals surface area contributed by atoms with Gasteiger partial charge in [-0.15, -0.1) is 0 Å². The van der Waals surface area contributed by atoms with Crippen LogP contribution in [0.1, 0.15) is 30.6 Å². The summed E-state index contributed by atoms with van der Waals surface area (Å²) in [7, 11) is 0. The molecule has 0 aliphatic rings. The zero-order valence-electron chi connectivity index (χ0n) is 10.3. The lowest BCUT2D eigenvalue weighted by Gasteiger charge is -2.20. The average molecular weight is 252 g/mol. The van der Waals surface area contributed by atoms with Crippen molar-refractivity contribution in [3.05, 3.63) is 34.2 Å². The molecular formula is C12H16N2O4. The molecule has 0 saturated heterocycles. The van der Waals surface area contributed by atoms with E-state index in [0.29, 0.717) is 0 Å². The maximum Gasteiger partial charge on any atom is 0.305 e. The van der Waals surface area contributed by atoms with Gasteiger partial charge in [0, 0.05) is 24.5 Å². The molecule has 0 aromatic carbocycles. The lowest BCUT2D eigenvalue weighted by molar-refractivity contribution is -0.137. The number of carboxylic acid groups (broad SMARTS) is 1. The maximum atomic E-state index is 11.8. The van der Waals surface area contributed by atoms with Crippen LogP contribution in [0.2, 0.25) is 0 Å². The van der Waals surface area contributed by atoms with Crippen LogP contribution in [0.15, 0.2) is 23.3 Å². The monoisotopic (exact) mass is 252 g/mol. The maximum absolute atomic E-state index is 11.8. The minimum atomic E-state index is -0.990. The van der Waals surface area contributed by atoms with E-state index in [-0.39, 0.29) is 17.9 Å². The van der Waals surface area contributed by atoms with Crippen molar-refractivity contribution in [3.8, 4) is 0 Å². The van der Waals surface area contributed by atoms with Crippen LogP contribution in [-0.4, -0.2) is 28.0 Å². The number of hydrogen-bond donors (Lipinski definition) is 3. The van der Waals surface area contributed by atoms with E-state index in [9.17, 15) is 14.4 Å². The highest BCUT2D eigenvalue weighted by Crippen LogP contribution is 2.07. The Morgan fingerprint density at radius 2 is 2.11 bits per heavy atom. The van der Waals surface area contributed by atoms with Gasteiger partial charge in [-0.3, -0.25) is 14.4 Å². The molecule has 1 atom stereocenters. The Hall–Kier alpha value is -2.11. The van der Waals surface area contributed by atoms with Crippen LogP contribution in [0.3, 0.4) is 0 Å². The normalized spacial score (nSPS) is 12.2. The predicted molar refractivity (Wildman–Crippen MR) is 65.4 cm³/mol. The smallest absolute Gasteiger partial charge is 0.305 e. The molecule has 1 unspecified atom stereocenters. The SMILES string of the molecule is CC(C)C(CC(=O)O)NC(=O)c1c[nH]ccc1=O. The highest BCUT2D eigenvalue weighted by atomic mass is 16.4. The molecule has 0 aliphatic heterocycles. The van der Waals surface area contributed by atoms with Crippen LogP contribution in [0.25, 0.3) is 0 Å². The zero-order chi connectivity index (χ0) is 13.7. The van der Waals surface area contributed by atoms with Crippen molar-refractivity contribution in [2.75, 3.05) is 0 Å². The highest BCUT2D eigenvalue weighted by Gasteiger charge is 2.21. The summed E-state index contributed by atoms with van der Waals surface area (Å²) in [6.45, 7) is 3.62. The molecule has 3 N–H and O–H groups in total. The number of carbonyl (C=O) groups is 2. The fourth-order valence-corrected chi connectivity index (χ4v) is 1.48. The number of hydrogen-bond acceptors (Lipinski definition) is 3. The molecule has 0 aliphatic carbocycles. The summed E-state index contributed by atoms with van der Waals surface area (Å²) in [6.07, 6.45) is 2.56. The summed E-state index contributed by atoms with van der Waals surface area (Å²) >= 11 is 0. The van der Waals surface area contributed by atoms with Gasteiger partial charge in [-0.2, -0.15) is 0 Å². The van der Waals surface area contributed by atoms with Crippen LogP contribution in [0.4, 0.5) is 0 Å². The molecule has 18 heavy (non-hydrogen) atoms. The number of aromatic amines is 1. The van der Waals surface area contributed by atoms with Crippen molar-refractivity contribution < 1.29 is 14.7 Å². The minimum Gasteiger partial charge on any atom is -0.481 e. The molecule has 0 bridgehead atoms. The molecular weight excluding hydrogens is 236 g/mol. The first-order chi connectivity index (χ1) is 8.41. The Morgan fingerprint density at radius 3 is 2.61 bits per heavy atom. The Bertz CT molecular complexity index is 493. The van der Waals surface area contributed by atoms with E-state index in [1.165, 1.54) is 18.5 Å². The summed E-state index contributed by atoms with van der Waals surface area (Å²) in [5.74, 6) is -1.58. The van der Waals surface area contributed by atoms with Crippen molar-refractivity contribution in [2.45, 2.75) is 26.3 Å². The Morgan fingerprint density at radius 1 is 1.44 bits per heavy atom. The highest BCUT2D eigenvalue weighted by molar-refractivity contribution is 5.94. The quantitative estimate of drug-likeness (QED) is 0.714. The van der Waals surface area contributed by atoms with Crippen molar-refractivity contribution in [3.63, 3.8) is 0 Å². The van der Waals surface area contributed by atoms with E-state index in [1.807, 2.05) is 13.8 Å². The van der Waals surface area contributed by atoms with Gasteiger partial charge >= 0.3 is 5.97 Å². The summed E-state index contributed by atoms with van der Waals surface area (Å²) in [5.41, 5.74) is -0.419. The van der Waals surface area contributed by atoms with Gasteiger partial charge in [0.15, 0.2) is 5.43 Å². The molecule has 0 spiro atoms. The molecule has 1 heterocycles. The van der Waals surface area contributed by atoms with Gasteiger partial charge in [-0.05, 0) is 5.92 Å².